The van der Waals surface area contributed by atoms with Crippen LogP contribution in [-0.2, 0) is 11.2 Å². The number of hydrogen-bond acceptors (Lipinski definition) is 6. The molecule has 3 heterocycles. The highest BCUT2D eigenvalue weighted by Crippen LogP contribution is 2.16. The van der Waals surface area contributed by atoms with Gasteiger partial charge in [0.15, 0.2) is 11.6 Å². The van der Waals surface area contributed by atoms with Crippen molar-refractivity contribution in [3.63, 3.8) is 0 Å². The van der Waals surface area contributed by atoms with Crippen LogP contribution in [0.5, 0.6) is 0 Å². The quantitative estimate of drug-likeness (QED) is 0.726. The third-order valence-corrected chi connectivity index (χ3v) is 3.01. The molecule has 0 aliphatic carbocycles. The second-order valence-electron chi connectivity index (χ2n) is 4.56. The minimum Gasteiger partial charge on any atom is -0.461 e. The van der Waals surface area contributed by atoms with Gasteiger partial charge in [-0.05, 0) is 18.6 Å². The maximum Gasteiger partial charge on any atom is 0.360 e. The van der Waals surface area contributed by atoms with Crippen LogP contribution < -0.4 is 0 Å². The fourth-order valence-electron chi connectivity index (χ4n) is 1.96. The predicted molar refractivity (Wildman–Crippen MR) is 77.1 cm³/mol. The van der Waals surface area contributed by atoms with Crippen molar-refractivity contribution in [2.24, 2.45) is 0 Å². The van der Waals surface area contributed by atoms with Gasteiger partial charge in [-0.1, -0.05) is 6.07 Å². The molecule has 0 aliphatic heterocycles. The molecule has 0 spiro atoms. The van der Waals surface area contributed by atoms with Gasteiger partial charge in [-0.3, -0.25) is 10.1 Å². The predicted octanol–water partition coefficient (Wildman–Crippen LogP) is 2.23. The Kier molecular flexibility index (Phi) is 3.95. The number of ether oxygens (including phenoxy) is 1. The number of nitrogens with zero attached hydrogens (tertiary/aromatic N) is 3. The zero-order chi connectivity index (χ0) is 15.4. The van der Waals surface area contributed by atoms with Crippen LogP contribution in [0.15, 0.2) is 41.4 Å². The molecule has 0 fully saturated rings. The number of aromatic amines is 1. The number of carbonyl (C=O) groups excluding carboxylic acids is 1. The van der Waals surface area contributed by atoms with Crippen molar-refractivity contribution in [3.05, 3.63) is 54.1 Å². The van der Waals surface area contributed by atoms with Crippen molar-refractivity contribution in [2.75, 3.05) is 6.61 Å². The standard InChI is InChI=1S/C15H14N4O3/c1-2-21-15(20)13-9-22-14(19-13)5-10-3-4-12(16-6-10)11-7-17-18-8-11/h3-4,6-9H,2,5H2,1H3,(H,17,18). The fraction of sp³-hybridized carbons (Fsp3) is 0.200. The third kappa shape index (κ3) is 3.03. The summed E-state index contributed by atoms with van der Waals surface area (Å²) in [5, 5.41) is 6.64. The van der Waals surface area contributed by atoms with Gasteiger partial charge in [-0.25, -0.2) is 9.78 Å². The molecule has 3 rings (SSSR count). The molecule has 7 heteroatoms. The molecule has 1 N–H and O–H groups in total. The van der Waals surface area contributed by atoms with Gasteiger partial charge in [0.05, 0.1) is 24.9 Å². The molecule has 7 nitrogen and oxygen atoms in total. The number of rotatable bonds is 5. The first kappa shape index (κ1) is 14.0. The van der Waals surface area contributed by atoms with Crippen LogP contribution >= 0.6 is 0 Å². The molecule has 22 heavy (non-hydrogen) atoms. The van der Waals surface area contributed by atoms with Crippen LogP contribution in [0, 0.1) is 0 Å². The molecule has 0 saturated carbocycles. The summed E-state index contributed by atoms with van der Waals surface area (Å²) < 4.78 is 10.1. The monoisotopic (exact) mass is 298 g/mol. The summed E-state index contributed by atoms with van der Waals surface area (Å²) in [5.74, 6) is -0.0353. The number of hydrogen-bond donors (Lipinski definition) is 1. The molecule has 0 bridgehead atoms. The van der Waals surface area contributed by atoms with Gasteiger partial charge in [-0.15, -0.1) is 0 Å². The molecule has 0 atom stereocenters. The van der Waals surface area contributed by atoms with E-state index in [2.05, 4.69) is 20.2 Å². The molecule has 112 valence electrons. The zero-order valence-corrected chi connectivity index (χ0v) is 11.9. The Balaban J connectivity index is 1.70. The molecule has 3 aromatic rings. The van der Waals surface area contributed by atoms with Crippen molar-refractivity contribution in [3.8, 4) is 11.3 Å². The number of nitrogens with one attached hydrogen (secondary N) is 1. The van der Waals surface area contributed by atoms with Gasteiger partial charge in [0, 0.05) is 18.0 Å². The van der Waals surface area contributed by atoms with E-state index < -0.39 is 5.97 Å². The summed E-state index contributed by atoms with van der Waals surface area (Å²) in [5.41, 5.74) is 2.87. The third-order valence-electron chi connectivity index (χ3n) is 3.01. The Morgan fingerprint density at radius 3 is 2.95 bits per heavy atom. The highest BCUT2D eigenvalue weighted by atomic mass is 16.5. The molecule has 0 unspecified atom stereocenters. The fourth-order valence-corrected chi connectivity index (χ4v) is 1.96. The lowest BCUT2D eigenvalue weighted by Gasteiger charge is -1.99. The van der Waals surface area contributed by atoms with E-state index in [9.17, 15) is 4.79 Å². The number of carbonyl (C=O) groups is 1. The SMILES string of the molecule is CCOC(=O)c1coc(Cc2ccc(-c3cn[nH]c3)nc2)n1. The van der Waals surface area contributed by atoms with E-state index in [0.717, 1.165) is 16.8 Å². The molecule has 0 aliphatic rings. The number of H-pyrrole nitrogens is 1. The summed E-state index contributed by atoms with van der Waals surface area (Å²) in [4.78, 5) is 20.0. The smallest absolute Gasteiger partial charge is 0.360 e. The summed E-state index contributed by atoms with van der Waals surface area (Å²) in [6.45, 7) is 2.05. The topological polar surface area (TPSA) is 93.9 Å². The van der Waals surface area contributed by atoms with Crippen LogP contribution in [0.4, 0.5) is 0 Å². The Hall–Kier alpha value is -2.96. The highest BCUT2D eigenvalue weighted by molar-refractivity contribution is 5.86. The second kappa shape index (κ2) is 6.21. The van der Waals surface area contributed by atoms with Crippen molar-refractivity contribution >= 4 is 5.97 Å². The summed E-state index contributed by atoms with van der Waals surface area (Å²) >= 11 is 0. The maximum atomic E-state index is 11.5. The Bertz CT molecular complexity index is 747. The lowest BCUT2D eigenvalue weighted by Crippen LogP contribution is -2.05. The van der Waals surface area contributed by atoms with Gasteiger partial charge in [-0.2, -0.15) is 5.10 Å². The van der Waals surface area contributed by atoms with Crippen LogP contribution in [0.2, 0.25) is 0 Å². The molecule has 0 amide bonds. The van der Waals surface area contributed by atoms with Gasteiger partial charge in [0.25, 0.3) is 0 Å². The van der Waals surface area contributed by atoms with E-state index in [1.807, 2.05) is 12.1 Å². The highest BCUT2D eigenvalue weighted by Gasteiger charge is 2.13. The molecule has 3 aromatic heterocycles. The average molecular weight is 298 g/mol. The summed E-state index contributed by atoms with van der Waals surface area (Å²) in [6, 6.07) is 3.83. The van der Waals surface area contributed by atoms with Crippen LogP contribution in [0.3, 0.4) is 0 Å². The summed E-state index contributed by atoms with van der Waals surface area (Å²) in [7, 11) is 0. The first-order chi connectivity index (χ1) is 10.8. The number of oxazole rings is 1. The first-order valence-corrected chi connectivity index (χ1v) is 6.82. The van der Waals surface area contributed by atoms with E-state index in [0.29, 0.717) is 18.9 Å². The van der Waals surface area contributed by atoms with Crippen LogP contribution in [0.25, 0.3) is 11.3 Å². The average Bonchev–Trinajstić information content (AvgIpc) is 3.19. The van der Waals surface area contributed by atoms with E-state index in [1.165, 1.54) is 6.26 Å². The largest absolute Gasteiger partial charge is 0.461 e. The molecule has 0 radical (unpaired) electrons. The lowest BCUT2D eigenvalue weighted by molar-refractivity contribution is 0.0519. The maximum absolute atomic E-state index is 11.5. The summed E-state index contributed by atoms with van der Waals surface area (Å²) in [6.07, 6.45) is 7.00. The first-order valence-electron chi connectivity index (χ1n) is 6.82. The molecular formula is C15H14N4O3. The van der Waals surface area contributed by atoms with Gasteiger partial charge >= 0.3 is 5.97 Å². The molecular weight excluding hydrogens is 284 g/mol. The Morgan fingerprint density at radius 1 is 1.36 bits per heavy atom. The number of esters is 1. The number of pyridine rings is 1. The van der Waals surface area contributed by atoms with Gasteiger partial charge in [0.2, 0.25) is 0 Å². The van der Waals surface area contributed by atoms with Crippen molar-refractivity contribution in [1.29, 1.82) is 0 Å². The second-order valence-corrected chi connectivity index (χ2v) is 4.56. The Morgan fingerprint density at radius 2 is 2.27 bits per heavy atom. The van der Waals surface area contributed by atoms with E-state index >= 15 is 0 Å². The van der Waals surface area contributed by atoms with E-state index in [-0.39, 0.29) is 5.69 Å². The number of aromatic nitrogens is 4. The minimum atomic E-state index is -0.481. The minimum absolute atomic E-state index is 0.180. The van der Waals surface area contributed by atoms with E-state index in [4.69, 9.17) is 9.15 Å². The van der Waals surface area contributed by atoms with Crippen LogP contribution in [0.1, 0.15) is 28.9 Å². The van der Waals surface area contributed by atoms with Crippen molar-refractivity contribution in [1.82, 2.24) is 20.2 Å². The van der Waals surface area contributed by atoms with Crippen LogP contribution in [-0.4, -0.2) is 32.7 Å². The Labute approximate surface area is 126 Å². The molecule has 0 saturated heterocycles. The van der Waals surface area contributed by atoms with Gasteiger partial charge < -0.3 is 9.15 Å². The van der Waals surface area contributed by atoms with Crippen molar-refractivity contribution < 1.29 is 13.9 Å². The zero-order valence-electron chi connectivity index (χ0n) is 11.9. The van der Waals surface area contributed by atoms with Crippen molar-refractivity contribution in [2.45, 2.75) is 13.3 Å². The van der Waals surface area contributed by atoms with Gasteiger partial charge in [0.1, 0.15) is 6.26 Å². The van der Waals surface area contributed by atoms with E-state index in [1.54, 1.807) is 25.5 Å². The normalized spacial score (nSPS) is 10.6. The molecule has 0 aromatic carbocycles. The lowest BCUT2D eigenvalue weighted by atomic mass is 10.1.